The van der Waals surface area contributed by atoms with E-state index >= 15 is 0 Å². The molecule has 2 rings (SSSR count). The zero-order valence-corrected chi connectivity index (χ0v) is 12.6. The maximum Gasteiger partial charge on any atom is 0.178 e. The molecule has 4 nitrogen and oxygen atoms in total. The normalized spacial score (nSPS) is 11.3. The summed E-state index contributed by atoms with van der Waals surface area (Å²) in [5, 5.41) is 0. The Kier molecular flexibility index (Phi) is 5.36. The van der Waals surface area contributed by atoms with Crippen LogP contribution in [0, 0.1) is 0 Å². The molecule has 2 N–H and O–H groups in total. The number of hydrogen-bond acceptors (Lipinski definition) is 4. The van der Waals surface area contributed by atoms with Gasteiger partial charge in [-0.05, 0) is 36.2 Å². The van der Waals surface area contributed by atoms with Crippen LogP contribution in [0.3, 0.4) is 0 Å². The highest BCUT2D eigenvalue weighted by Gasteiger charge is 2.13. The molecule has 0 aliphatic carbocycles. The molecule has 0 fully saturated rings. The van der Waals surface area contributed by atoms with Crippen molar-refractivity contribution in [2.75, 3.05) is 12.4 Å². The van der Waals surface area contributed by atoms with Crippen molar-refractivity contribution in [3.63, 3.8) is 0 Å². The molecular formula is C16H19NO3S. The summed E-state index contributed by atoms with van der Waals surface area (Å²) in [5.41, 5.74) is 6.55. The van der Waals surface area contributed by atoms with Gasteiger partial charge >= 0.3 is 0 Å². The lowest BCUT2D eigenvalue weighted by atomic mass is 10.2. The van der Waals surface area contributed by atoms with Crippen LogP contribution in [-0.4, -0.2) is 20.8 Å². The van der Waals surface area contributed by atoms with Gasteiger partial charge in [-0.3, -0.25) is 0 Å². The van der Waals surface area contributed by atoms with Crippen LogP contribution in [0.15, 0.2) is 59.5 Å². The lowest BCUT2D eigenvalue weighted by Crippen LogP contribution is -2.10. The Morgan fingerprint density at radius 3 is 2.24 bits per heavy atom. The van der Waals surface area contributed by atoms with Crippen molar-refractivity contribution in [3.05, 3.63) is 60.2 Å². The van der Waals surface area contributed by atoms with E-state index in [1.807, 2.05) is 24.3 Å². The molecule has 0 radical (unpaired) electrons. The molecule has 2 aromatic carbocycles. The number of rotatable bonds is 7. The molecule has 0 aliphatic rings. The number of benzene rings is 2. The minimum absolute atomic E-state index is 0.0812. The zero-order chi connectivity index (χ0) is 15.1. The molecule has 0 aromatic heterocycles. The van der Waals surface area contributed by atoms with Gasteiger partial charge in [0.2, 0.25) is 0 Å². The van der Waals surface area contributed by atoms with Gasteiger partial charge in [0.1, 0.15) is 5.75 Å². The smallest absolute Gasteiger partial charge is 0.178 e. The van der Waals surface area contributed by atoms with Gasteiger partial charge in [-0.1, -0.05) is 30.3 Å². The van der Waals surface area contributed by atoms with Crippen LogP contribution < -0.4 is 10.5 Å². The van der Waals surface area contributed by atoms with Crippen LogP contribution in [-0.2, 0) is 16.4 Å². The highest BCUT2D eigenvalue weighted by molar-refractivity contribution is 7.91. The summed E-state index contributed by atoms with van der Waals surface area (Å²) in [4.78, 5) is 0.359. The van der Waals surface area contributed by atoms with E-state index in [1.165, 1.54) is 0 Å². The molecule has 112 valence electrons. The lowest BCUT2D eigenvalue weighted by molar-refractivity contribution is 0.317. The average molecular weight is 305 g/mol. The Balaban J connectivity index is 1.81. The molecule has 0 saturated heterocycles. The van der Waals surface area contributed by atoms with Crippen LogP contribution >= 0.6 is 0 Å². The minimum Gasteiger partial charge on any atom is -0.494 e. The molecule has 0 heterocycles. The van der Waals surface area contributed by atoms with Crippen LogP contribution in [0.5, 0.6) is 5.75 Å². The third-order valence-electron chi connectivity index (χ3n) is 3.09. The van der Waals surface area contributed by atoms with E-state index in [9.17, 15) is 8.42 Å². The molecular weight excluding hydrogens is 286 g/mol. The fourth-order valence-corrected chi connectivity index (χ4v) is 3.21. The number of sulfone groups is 1. The first kappa shape index (κ1) is 15.5. The predicted molar refractivity (Wildman–Crippen MR) is 82.9 cm³/mol. The summed E-state index contributed by atoms with van der Waals surface area (Å²) in [6.45, 7) is 0.865. The fraction of sp³-hybridized carbons (Fsp3) is 0.250. The second kappa shape index (κ2) is 7.24. The Morgan fingerprint density at radius 1 is 0.952 bits per heavy atom. The molecule has 0 unspecified atom stereocenters. The Hall–Kier alpha value is -1.85. The summed E-state index contributed by atoms with van der Waals surface area (Å²) in [6, 6.07) is 16.0. The van der Waals surface area contributed by atoms with Gasteiger partial charge in [0.05, 0.1) is 17.3 Å². The summed E-state index contributed by atoms with van der Waals surface area (Å²) >= 11 is 0. The molecule has 0 atom stereocenters. The van der Waals surface area contributed by atoms with Gasteiger partial charge in [-0.2, -0.15) is 0 Å². The molecule has 0 saturated carbocycles. The lowest BCUT2D eigenvalue weighted by Gasteiger charge is -2.07. The standard InChI is InChI=1S/C16H19NO3S/c17-13-14-7-9-15(10-8-14)20-11-4-12-21(18,19)16-5-2-1-3-6-16/h1-3,5-10H,4,11-13,17H2. The second-order valence-electron chi connectivity index (χ2n) is 4.68. The highest BCUT2D eigenvalue weighted by atomic mass is 32.2. The molecule has 5 heteroatoms. The summed E-state index contributed by atoms with van der Waals surface area (Å²) in [6.07, 6.45) is 0.454. The van der Waals surface area contributed by atoms with Gasteiger partial charge in [-0.15, -0.1) is 0 Å². The Morgan fingerprint density at radius 2 is 1.62 bits per heavy atom. The molecule has 0 bridgehead atoms. The molecule has 2 aromatic rings. The van der Waals surface area contributed by atoms with E-state index in [0.717, 1.165) is 11.3 Å². The largest absolute Gasteiger partial charge is 0.494 e. The van der Waals surface area contributed by atoms with Gasteiger partial charge < -0.3 is 10.5 Å². The number of ether oxygens (including phenoxy) is 1. The van der Waals surface area contributed by atoms with Gasteiger partial charge in [-0.25, -0.2) is 8.42 Å². The van der Waals surface area contributed by atoms with Crippen LogP contribution in [0.25, 0.3) is 0 Å². The SMILES string of the molecule is NCc1ccc(OCCCS(=O)(=O)c2ccccc2)cc1. The van der Waals surface area contributed by atoms with Crippen LogP contribution in [0.2, 0.25) is 0 Å². The minimum atomic E-state index is -3.22. The first-order valence-electron chi connectivity index (χ1n) is 6.81. The maximum atomic E-state index is 12.1. The second-order valence-corrected chi connectivity index (χ2v) is 6.79. The monoisotopic (exact) mass is 305 g/mol. The van der Waals surface area contributed by atoms with E-state index in [4.69, 9.17) is 10.5 Å². The van der Waals surface area contributed by atoms with Crippen molar-refractivity contribution in [3.8, 4) is 5.75 Å². The van der Waals surface area contributed by atoms with E-state index < -0.39 is 9.84 Å². The Bertz CT molecular complexity index is 652. The topological polar surface area (TPSA) is 69.4 Å². The third kappa shape index (κ3) is 4.58. The molecule has 0 aliphatic heterocycles. The number of nitrogens with two attached hydrogens (primary N) is 1. The first-order chi connectivity index (χ1) is 10.1. The summed E-state index contributed by atoms with van der Waals surface area (Å²) < 4.78 is 29.6. The molecule has 0 spiro atoms. The van der Waals surface area contributed by atoms with Gasteiger partial charge in [0, 0.05) is 6.54 Å². The van der Waals surface area contributed by atoms with Crippen molar-refractivity contribution < 1.29 is 13.2 Å². The van der Waals surface area contributed by atoms with Crippen molar-refractivity contribution in [1.29, 1.82) is 0 Å². The van der Waals surface area contributed by atoms with Crippen molar-refractivity contribution in [2.45, 2.75) is 17.9 Å². The highest BCUT2D eigenvalue weighted by Crippen LogP contribution is 2.14. The molecule has 0 amide bonds. The van der Waals surface area contributed by atoms with Crippen LogP contribution in [0.1, 0.15) is 12.0 Å². The van der Waals surface area contributed by atoms with E-state index in [-0.39, 0.29) is 5.75 Å². The number of hydrogen-bond donors (Lipinski definition) is 1. The maximum absolute atomic E-state index is 12.1. The first-order valence-corrected chi connectivity index (χ1v) is 8.47. The van der Waals surface area contributed by atoms with Gasteiger partial charge in [0.15, 0.2) is 9.84 Å². The Labute approximate surface area is 125 Å². The predicted octanol–water partition coefficient (Wildman–Crippen LogP) is 2.39. The van der Waals surface area contributed by atoms with Crippen molar-refractivity contribution >= 4 is 9.84 Å². The molecule has 21 heavy (non-hydrogen) atoms. The van der Waals surface area contributed by atoms with Gasteiger partial charge in [0.25, 0.3) is 0 Å². The van der Waals surface area contributed by atoms with E-state index in [1.54, 1.807) is 30.3 Å². The third-order valence-corrected chi connectivity index (χ3v) is 4.90. The summed E-state index contributed by atoms with van der Waals surface area (Å²) in [5.74, 6) is 0.807. The average Bonchev–Trinajstić information content (AvgIpc) is 2.53. The van der Waals surface area contributed by atoms with E-state index in [2.05, 4.69) is 0 Å². The summed E-state index contributed by atoms with van der Waals surface area (Å²) in [7, 11) is -3.22. The fourth-order valence-electron chi connectivity index (χ4n) is 1.91. The van der Waals surface area contributed by atoms with Crippen molar-refractivity contribution in [2.24, 2.45) is 5.73 Å². The zero-order valence-electron chi connectivity index (χ0n) is 11.7. The quantitative estimate of drug-likeness (QED) is 0.797. The van der Waals surface area contributed by atoms with E-state index in [0.29, 0.717) is 24.5 Å². The van der Waals surface area contributed by atoms with Crippen LogP contribution in [0.4, 0.5) is 0 Å². The van der Waals surface area contributed by atoms with Crippen molar-refractivity contribution in [1.82, 2.24) is 0 Å².